The van der Waals surface area contributed by atoms with Gasteiger partial charge >= 0.3 is 11.0 Å². The third-order valence-corrected chi connectivity index (χ3v) is 6.94. The molecule has 1 rings (SSSR count). The van der Waals surface area contributed by atoms with Gasteiger partial charge in [-0.1, -0.05) is 13.3 Å². The van der Waals surface area contributed by atoms with Crippen LogP contribution in [0.3, 0.4) is 0 Å². The molecule has 0 aliphatic carbocycles. The van der Waals surface area contributed by atoms with Crippen molar-refractivity contribution in [1.82, 2.24) is 0 Å². The number of hydrogen-bond acceptors (Lipinski definition) is 4. The lowest BCUT2D eigenvalue weighted by Crippen LogP contribution is -2.45. The predicted octanol–water partition coefficient (Wildman–Crippen LogP) is 3.87. The highest BCUT2D eigenvalue weighted by Gasteiger charge is 2.46. The zero-order valence-electron chi connectivity index (χ0n) is 15.0. The number of nitrogens with zero attached hydrogens (tertiary/aromatic N) is 2. The summed E-state index contributed by atoms with van der Waals surface area (Å²) >= 11 is 0. The third kappa shape index (κ3) is 8.11. The van der Waals surface area contributed by atoms with Crippen LogP contribution in [0.2, 0.25) is 0 Å². The monoisotopic (exact) mass is 450 g/mol. The highest BCUT2D eigenvalue weighted by Crippen LogP contribution is 2.36. The second-order valence-corrected chi connectivity index (χ2v) is 9.58. The van der Waals surface area contributed by atoms with Crippen LogP contribution in [0, 0.1) is 0 Å². The van der Waals surface area contributed by atoms with Crippen LogP contribution in [0.1, 0.15) is 46.0 Å². The molecule has 0 saturated carbocycles. The van der Waals surface area contributed by atoms with Crippen LogP contribution in [0.4, 0.5) is 26.3 Å². The molecular formula is C13H24F6N2O4S2. The van der Waals surface area contributed by atoms with E-state index < -0.39 is 31.1 Å². The van der Waals surface area contributed by atoms with Crippen molar-refractivity contribution in [2.45, 2.75) is 57.0 Å². The molecule has 6 nitrogen and oxygen atoms in total. The number of rotatable bonds is 7. The molecule has 0 atom stereocenters. The van der Waals surface area contributed by atoms with E-state index in [0.29, 0.717) is 0 Å². The Morgan fingerprint density at radius 3 is 1.52 bits per heavy atom. The highest BCUT2D eigenvalue weighted by molar-refractivity contribution is 8.13. The number of sulfonamides is 2. The van der Waals surface area contributed by atoms with Crippen LogP contribution in [0.15, 0.2) is 0 Å². The summed E-state index contributed by atoms with van der Waals surface area (Å²) in [6, 6.07) is 0. The van der Waals surface area contributed by atoms with E-state index in [2.05, 4.69) is 13.8 Å². The van der Waals surface area contributed by atoms with E-state index in [1.807, 2.05) is 0 Å². The Balaban J connectivity index is 0.000000511. The van der Waals surface area contributed by atoms with E-state index in [9.17, 15) is 43.2 Å². The van der Waals surface area contributed by atoms with E-state index in [4.69, 9.17) is 0 Å². The van der Waals surface area contributed by atoms with Gasteiger partial charge in [-0.3, -0.25) is 0 Å². The lowest BCUT2D eigenvalue weighted by molar-refractivity contribution is -0.915. The number of quaternary nitrogens is 1. The SMILES string of the molecule is CCCCC[N+]1(CC)CCCC1.O=S(=O)([N-]S(=O)(=O)C(F)(F)F)C(F)(F)F. The molecule has 0 amide bonds. The molecule has 1 aliphatic rings. The molecule has 0 aromatic heterocycles. The summed E-state index contributed by atoms with van der Waals surface area (Å²) in [6.07, 6.45) is 7.19. The van der Waals surface area contributed by atoms with Crippen molar-refractivity contribution in [1.29, 1.82) is 0 Å². The number of alkyl halides is 6. The van der Waals surface area contributed by atoms with Crippen LogP contribution in [0.5, 0.6) is 0 Å². The fraction of sp³-hybridized carbons (Fsp3) is 1.00. The molecule has 0 N–H and O–H groups in total. The van der Waals surface area contributed by atoms with Gasteiger partial charge < -0.3 is 8.61 Å². The molecule has 1 saturated heterocycles. The number of hydrogen-bond donors (Lipinski definition) is 0. The van der Waals surface area contributed by atoms with E-state index in [1.54, 1.807) is 0 Å². The summed E-state index contributed by atoms with van der Waals surface area (Å²) in [5, 5.41) is 0. The summed E-state index contributed by atoms with van der Waals surface area (Å²) in [4.78, 5) is 0. The summed E-state index contributed by atoms with van der Waals surface area (Å²) in [7, 11) is -13.4. The maximum Gasteiger partial charge on any atom is 0.480 e. The van der Waals surface area contributed by atoms with E-state index in [1.165, 1.54) is 62.8 Å². The maximum atomic E-state index is 11.4. The Bertz CT molecular complexity index is 611. The summed E-state index contributed by atoms with van der Waals surface area (Å²) in [5.41, 5.74) is -12.4. The molecule has 1 fully saturated rings. The second kappa shape index (κ2) is 9.74. The van der Waals surface area contributed by atoms with Crippen molar-refractivity contribution in [3.05, 3.63) is 4.13 Å². The van der Waals surface area contributed by atoms with E-state index in [0.717, 1.165) is 4.13 Å². The van der Waals surface area contributed by atoms with E-state index in [-0.39, 0.29) is 0 Å². The molecular weight excluding hydrogens is 426 g/mol. The van der Waals surface area contributed by atoms with Crippen molar-refractivity contribution in [3.63, 3.8) is 0 Å². The molecule has 1 heterocycles. The van der Waals surface area contributed by atoms with Crippen molar-refractivity contribution >= 4 is 20.0 Å². The predicted molar refractivity (Wildman–Crippen MR) is 87.5 cm³/mol. The first-order chi connectivity index (χ1) is 12.0. The summed E-state index contributed by atoms with van der Waals surface area (Å²) in [5.74, 6) is 0. The molecule has 27 heavy (non-hydrogen) atoms. The van der Waals surface area contributed by atoms with Crippen LogP contribution in [-0.2, 0) is 20.0 Å². The lowest BCUT2D eigenvalue weighted by atomic mass is 10.2. The first-order valence-corrected chi connectivity index (χ1v) is 11.1. The average molecular weight is 450 g/mol. The third-order valence-electron chi connectivity index (χ3n) is 4.20. The van der Waals surface area contributed by atoms with Crippen LogP contribution < -0.4 is 0 Å². The van der Waals surface area contributed by atoms with Gasteiger partial charge in [0.1, 0.15) is 0 Å². The molecule has 0 spiro atoms. The molecule has 0 unspecified atom stereocenters. The minimum Gasteiger partial charge on any atom is -0.421 e. The summed E-state index contributed by atoms with van der Waals surface area (Å²) < 4.78 is 111. The molecule has 0 bridgehead atoms. The van der Waals surface area contributed by atoms with Gasteiger partial charge in [0, 0.05) is 12.8 Å². The van der Waals surface area contributed by atoms with Gasteiger partial charge in [0.25, 0.3) is 0 Å². The van der Waals surface area contributed by atoms with Crippen LogP contribution in [0.25, 0.3) is 4.13 Å². The smallest absolute Gasteiger partial charge is 0.421 e. The Labute approximate surface area is 155 Å². The Morgan fingerprint density at radius 1 is 0.815 bits per heavy atom. The van der Waals surface area contributed by atoms with Gasteiger partial charge in [-0.25, -0.2) is 16.8 Å². The fourth-order valence-electron chi connectivity index (χ4n) is 2.62. The number of likely N-dealkylation sites (tertiary alicyclic amines) is 1. The van der Waals surface area contributed by atoms with Gasteiger partial charge in [-0.05, 0) is 19.8 Å². The van der Waals surface area contributed by atoms with Crippen molar-refractivity contribution in [2.75, 3.05) is 26.2 Å². The van der Waals surface area contributed by atoms with Gasteiger partial charge in [0.15, 0.2) is 20.0 Å². The second-order valence-electron chi connectivity index (χ2n) is 6.16. The quantitative estimate of drug-likeness (QED) is 0.335. The standard InChI is InChI=1S/C11H24N.C2F6NO4S2/c1-3-5-6-9-12(4-2)10-7-8-11-12;3-1(4,5)14(10,11)9-15(12,13)2(6,7)8/h3-11H2,1-2H3;/q+1;-1. The van der Waals surface area contributed by atoms with Crippen LogP contribution >= 0.6 is 0 Å². The fourth-order valence-corrected chi connectivity index (χ4v) is 4.32. The molecule has 164 valence electrons. The zero-order chi connectivity index (χ0) is 21.6. The highest BCUT2D eigenvalue weighted by atomic mass is 32.3. The van der Waals surface area contributed by atoms with Crippen LogP contribution in [-0.4, -0.2) is 58.5 Å². The largest absolute Gasteiger partial charge is 0.480 e. The van der Waals surface area contributed by atoms with Crippen molar-refractivity contribution in [3.8, 4) is 0 Å². The van der Waals surface area contributed by atoms with Gasteiger partial charge in [0.05, 0.1) is 26.2 Å². The number of unbranched alkanes of at least 4 members (excludes halogenated alkanes) is 2. The first kappa shape index (κ1) is 26.4. The van der Waals surface area contributed by atoms with Crippen molar-refractivity contribution < 1.29 is 47.7 Å². The minimum absolute atomic E-state index is 0.778. The molecule has 14 heteroatoms. The Kier molecular flexibility index (Phi) is 9.52. The lowest BCUT2D eigenvalue weighted by Gasteiger charge is -2.33. The normalized spacial score (nSPS) is 18.1. The average Bonchev–Trinajstić information content (AvgIpc) is 2.94. The summed E-state index contributed by atoms with van der Waals surface area (Å²) in [6.45, 7) is 10.4. The van der Waals surface area contributed by atoms with Gasteiger partial charge in [-0.15, -0.1) is 0 Å². The zero-order valence-corrected chi connectivity index (χ0v) is 16.6. The minimum atomic E-state index is -6.72. The molecule has 0 radical (unpaired) electrons. The molecule has 1 aliphatic heterocycles. The van der Waals surface area contributed by atoms with E-state index >= 15 is 0 Å². The molecule has 0 aromatic carbocycles. The Hall–Kier alpha value is -0.600. The topological polar surface area (TPSA) is 82.4 Å². The van der Waals surface area contributed by atoms with Gasteiger partial charge in [-0.2, -0.15) is 26.3 Å². The Morgan fingerprint density at radius 2 is 1.22 bits per heavy atom. The molecule has 0 aromatic rings. The number of halogens is 6. The maximum absolute atomic E-state index is 11.4. The van der Waals surface area contributed by atoms with Crippen molar-refractivity contribution in [2.24, 2.45) is 0 Å². The first-order valence-electron chi connectivity index (χ1n) is 8.25. The van der Waals surface area contributed by atoms with Gasteiger partial charge in [0.2, 0.25) is 0 Å².